The van der Waals surface area contributed by atoms with E-state index in [1.807, 2.05) is 30.3 Å². The van der Waals surface area contributed by atoms with Crippen molar-refractivity contribution in [3.8, 4) is 11.5 Å². The fourth-order valence-corrected chi connectivity index (χ4v) is 2.25. The lowest BCUT2D eigenvalue weighted by molar-refractivity contribution is 0.354. The minimum absolute atomic E-state index is 0.521. The molecule has 2 rings (SSSR count). The molecule has 6 nitrogen and oxygen atoms in total. The average Bonchev–Trinajstić information content (AvgIpc) is 3.16. The van der Waals surface area contributed by atoms with Crippen molar-refractivity contribution < 1.29 is 13.9 Å². The zero-order chi connectivity index (χ0) is 17.9. The van der Waals surface area contributed by atoms with Gasteiger partial charge in [0.1, 0.15) is 5.76 Å². The molecule has 0 aliphatic carbocycles. The van der Waals surface area contributed by atoms with Crippen molar-refractivity contribution >= 4 is 5.96 Å². The Hall–Kier alpha value is -2.89. The maximum Gasteiger partial charge on any atom is 0.191 e. The number of ether oxygens (including phenoxy) is 2. The highest BCUT2D eigenvalue weighted by Crippen LogP contribution is 2.27. The van der Waals surface area contributed by atoms with E-state index in [0.717, 1.165) is 30.2 Å². The summed E-state index contributed by atoms with van der Waals surface area (Å²) < 4.78 is 15.9. The Labute approximate surface area is 148 Å². The molecule has 0 amide bonds. The molecule has 0 saturated heterocycles. The predicted octanol–water partition coefficient (Wildman–Crippen LogP) is 2.76. The molecule has 2 aromatic rings. The number of nitrogens with zero attached hydrogens (tertiary/aromatic N) is 1. The first kappa shape index (κ1) is 18.4. The van der Waals surface area contributed by atoms with Gasteiger partial charge in [-0.3, -0.25) is 0 Å². The van der Waals surface area contributed by atoms with Crippen LogP contribution in [0.25, 0.3) is 0 Å². The largest absolute Gasteiger partial charge is 0.493 e. The van der Waals surface area contributed by atoms with Crippen molar-refractivity contribution in [2.24, 2.45) is 4.99 Å². The summed E-state index contributed by atoms with van der Waals surface area (Å²) in [4.78, 5) is 4.60. The molecule has 0 aliphatic rings. The van der Waals surface area contributed by atoms with Gasteiger partial charge in [-0.05, 0) is 29.8 Å². The number of hydrogen-bond donors (Lipinski definition) is 2. The van der Waals surface area contributed by atoms with E-state index >= 15 is 0 Å². The highest BCUT2D eigenvalue weighted by atomic mass is 16.5. The van der Waals surface area contributed by atoms with Crippen LogP contribution in [0, 0.1) is 0 Å². The SMILES string of the molecule is C=CCNC(=NCc1ccc(OC)c(OC)c1)NCCc1ccco1. The van der Waals surface area contributed by atoms with Crippen LogP contribution in [-0.2, 0) is 13.0 Å². The Kier molecular flexibility index (Phi) is 7.43. The van der Waals surface area contributed by atoms with Crippen LogP contribution in [0.3, 0.4) is 0 Å². The van der Waals surface area contributed by atoms with E-state index in [-0.39, 0.29) is 0 Å². The second-order valence-corrected chi connectivity index (χ2v) is 5.28. The molecular weight excluding hydrogens is 318 g/mol. The summed E-state index contributed by atoms with van der Waals surface area (Å²) in [7, 11) is 3.24. The molecule has 25 heavy (non-hydrogen) atoms. The van der Waals surface area contributed by atoms with Crippen molar-refractivity contribution in [3.63, 3.8) is 0 Å². The van der Waals surface area contributed by atoms with Gasteiger partial charge in [-0.2, -0.15) is 0 Å². The number of rotatable bonds is 9. The normalized spacial score (nSPS) is 11.0. The molecule has 0 radical (unpaired) electrons. The van der Waals surface area contributed by atoms with Crippen LogP contribution in [0.5, 0.6) is 11.5 Å². The number of nitrogens with one attached hydrogen (secondary N) is 2. The van der Waals surface area contributed by atoms with E-state index in [1.54, 1.807) is 26.6 Å². The Morgan fingerprint density at radius 2 is 2.04 bits per heavy atom. The van der Waals surface area contributed by atoms with Crippen LogP contribution < -0.4 is 20.1 Å². The third-order valence-corrected chi connectivity index (χ3v) is 3.53. The lowest BCUT2D eigenvalue weighted by Crippen LogP contribution is -2.38. The molecular formula is C19H25N3O3. The van der Waals surface area contributed by atoms with Crippen molar-refractivity contribution in [2.45, 2.75) is 13.0 Å². The molecule has 0 fully saturated rings. The van der Waals surface area contributed by atoms with Crippen LogP contribution in [0.4, 0.5) is 0 Å². The molecule has 0 atom stereocenters. The maximum absolute atomic E-state index is 5.33. The van der Waals surface area contributed by atoms with E-state index in [0.29, 0.717) is 24.6 Å². The summed E-state index contributed by atoms with van der Waals surface area (Å²) in [6.07, 6.45) is 4.26. The molecule has 134 valence electrons. The minimum Gasteiger partial charge on any atom is -0.493 e. The fourth-order valence-electron chi connectivity index (χ4n) is 2.25. The smallest absolute Gasteiger partial charge is 0.191 e. The van der Waals surface area contributed by atoms with Crippen LogP contribution in [0.2, 0.25) is 0 Å². The number of furan rings is 1. The molecule has 0 unspecified atom stereocenters. The third kappa shape index (κ3) is 5.91. The van der Waals surface area contributed by atoms with Gasteiger partial charge in [0.05, 0.1) is 27.0 Å². The van der Waals surface area contributed by atoms with Gasteiger partial charge < -0.3 is 24.5 Å². The predicted molar refractivity (Wildman–Crippen MR) is 99.3 cm³/mol. The van der Waals surface area contributed by atoms with Gasteiger partial charge >= 0.3 is 0 Å². The number of methoxy groups -OCH3 is 2. The van der Waals surface area contributed by atoms with E-state index in [4.69, 9.17) is 13.9 Å². The number of aliphatic imine (C=N–C) groups is 1. The molecule has 1 heterocycles. The molecule has 0 saturated carbocycles. The van der Waals surface area contributed by atoms with E-state index < -0.39 is 0 Å². The molecule has 1 aromatic heterocycles. The lowest BCUT2D eigenvalue weighted by Gasteiger charge is -2.12. The van der Waals surface area contributed by atoms with Crippen molar-refractivity contribution in [2.75, 3.05) is 27.3 Å². The van der Waals surface area contributed by atoms with Gasteiger partial charge in [0.15, 0.2) is 17.5 Å². The summed E-state index contributed by atoms with van der Waals surface area (Å²) in [5.41, 5.74) is 1.03. The van der Waals surface area contributed by atoms with Gasteiger partial charge in [0.25, 0.3) is 0 Å². The van der Waals surface area contributed by atoms with E-state index in [1.165, 1.54) is 0 Å². The maximum atomic E-state index is 5.33. The first-order valence-electron chi connectivity index (χ1n) is 8.13. The van der Waals surface area contributed by atoms with Gasteiger partial charge in [-0.1, -0.05) is 12.1 Å². The Bertz CT molecular complexity index is 681. The van der Waals surface area contributed by atoms with Crippen LogP contribution in [0.15, 0.2) is 58.7 Å². The van der Waals surface area contributed by atoms with Crippen LogP contribution >= 0.6 is 0 Å². The zero-order valence-electron chi connectivity index (χ0n) is 14.7. The van der Waals surface area contributed by atoms with Crippen molar-refractivity contribution in [3.05, 3.63) is 60.6 Å². The van der Waals surface area contributed by atoms with Crippen LogP contribution in [0.1, 0.15) is 11.3 Å². The Morgan fingerprint density at radius 1 is 1.20 bits per heavy atom. The summed E-state index contributed by atoms with van der Waals surface area (Å²) in [6.45, 7) is 5.61. The summed E-state index contributed by atoms with van der Waals surface area (Å²) in [6, 6.07) is 9.62. The standard InChI is InChI=1S/C19H25N3O3/c1-4-10-20-19(21-11-9-16-6-5-12-25-16)22-14-15-7-8-17(23-2)18(13-15)24-3/h4-8,12-13H,1,9-11,14H2,2-3H3,(H2,20,21,22). The van der Waals surface area contributed by atoms with E-state index in [9.17, 15) is 0 Å². The second kappa shape index (κ2) is 10.1. The molecule has 1 aromatic carbocycles. The lowest BCUT2D eigenvalue weighted by atomic mass is 10.2. The zero-order valence-corrected chi connectivity index (χ0v) is 14.7. The third-order valence-electron chi connectivity index (χ3n) is 3.53. The Balaban J connectivity index is 1.97. The van der Waals surface area contributed by atoms with Gasteiger partial charge in [-0.15, -0.1) is 6.58 Å². The van der Waals surface area contributed by atoms with E-state index in [2.05, 4.69) is 22.2 Å². The molecule has 2 N–H and O–H groups in total. The Morgan fingerprint density at radius 3 is 2.72 bits per heavy atom. The van der Waals surface area contributed by atoms with Crippen molar-refractivity contribution in [1.82, 2.24) is 10.6 Å². The number of hydrogen-bond acceptors (Lipinski definition) is 4. The number of benzene rings is 1. The quantitative estimate of drug-likeness (QED) is 0.416. The molecule has 0 aliphatic heterocycles. The molecule has 0 spiro atoms. The van der Waals surface area contributed by atoms with Crippen molar-refractivity contribution in [1.29, 1.82) is 0 Å². The number of guanidine groups is 1. The summed E-state index contributed by atoms with van der Waals surface area (Å²) in [5, 5.41) is 6.49. The van der Waals surface area contributed by atoms with Gasteiger partial charge in [0, 0.05) is 19.5 Å². The van der Waals surface area contributed by atoms with Crippen LogP contribution in [-0.4, -0.2) is 33.3 Å². The average molecular weight is 343 g/mol. The first-order valence-corrected chi connectivity index (χ1v) is 8.13. The highest BCUT2D eigenvalue weighted by Gasteiger charge is 2.05. The fraction of sp³-hybridized carbons (Fsp3) is 0.316. The molecule has 6 heteroatoms. The summed E-state index contributed by atoms with van der Waals surface area (Å²) in [5.74, 6) is 3.06. The monoisotopic (exact) mass is 343 g/mol. The first-order chi connectivity index (χ1) is 12.3. The second-order valence-electron chi connectivity index (χ2n) is 5.28. The molecule has 0 bridgehead atoms. The van der Waals surface area contributed by atoms with Gasteiger partial charge in [0.2, 0.25) is 0 Å². The topological polar surface area (TPSA) is 68.0 Å². The van der Waals surface area contributed by atoms with Gasteiger partial charge in [-0.25, -0.2) is 4.99 Å². The minimum atomic E-state index is 0.521. The summed E-state index contributed by atoms with van der Waals surface area (Å²) >= 11 is 0. The highest BCUT2D eigenvalue weighted by molar-refractivity contribution is 5.79.